The fourth-order valence-electron chi connectivity index (χ4n) is 0.855. The van der Waals surface area contributed by atoms with Crippen molar-refractivity contribution in [1.82, 2.24) is 0 Å². The van der Waals surface area contributed by atoms with Crippen molar-refractivity contribution < 1.29 is 23.9 Å². The normalized spacial score (nSPS) is 22.2. The summed E-state index contributed by atoms with van der Waals surface area (Å²) < 4.78 is 8.98. The monoisotopic (exact) mass is 172 g/mol. The average Bonchev–Trinajstić information content (AvgIpc) is 2.33. The van der Waals surface area contributed by atoms with E-state index in [4.69, 9.17) is 0 Å². The Labute approximate surface area is 68.6 Å². The molecule has 0 aromatic carbocycles. The Morgan fingerprint density at radius 3 is 2.75 bits per heavy atom. The van der Waals surface area contributed by atoms with Crippen molar-refractivity contribution in [1.29, 1.82) is 0 Å². The molecular formula is C7H8O5. The van der Waals surface area contributed by atoms with Gasteiger partial charge in [0.2, 0.25) is 11.9 Å². The zero-order valence-corrected chi connectivity index (χ0v) is 6.53. The van der Waals surface area contributed by atoms with Crippen molar-refractivity contribution in [2.24, 2.45) is 0 Å². The van der Waals surface area contributed by atoms with E-state index in [1.54, 1.807) is 6.92 Å². The van der Waals surface area contributed by atoms with Gasteiger partial charge in [-0.05, 0) is 6.92 Å². The van der Waals surface area contributed by atoms with Gasteiger partial charge in [-0.25, -0.2) is 9.59 Å². The second kappa shape index (κ2) is 3.34. The van der Waals surface area contributed by atoms with Crippen LogP contribution in [0.2, 0.25) is 0 Å². The molecule has 0 spiro atoms. The summed E-state index contributed by atoms with van der Waals surface area (Å²) >= 11 is 0. The second-order valence-corrected chi connectivity index (χ2v) is 2.27. The van der Waals surface area contributed by atoms with Gasteiger partial charge in [-0.15, -0.1) is 0 Å². The standard InChI is InChI=1S/C7H8O5/c1-2-11-7(10)5-3-4(8)6(9)12-5/h5H,2-3H2,1H3/t5-/m0/s1. The molecule has 0 aromatic rings. The average molecular weight is 172 g/mol. The molecule has 0 amide bonds. The van der Waals surface area contributed by atoms with Crippen LogP contribution in [0.15, 0.2) is 0 Å². The summed E-state index contributed by atoms with van der Waals surface area (Å²) in [5, 5.41) is 0. The van der Waals surface area contributed by atoms with Gasteiger partial charge in [0.25, 0.3) is 0 Å². The lowest BCUT2D eigenvalue weighted by atomic mass is 10.2. The molecule has 66 valence electrons. The molecule has 0 radical (unpaired) electrons. The Bertz CT molecular complexity index is 216. The molecule has 1 saturated heterocycles. The van der Waals surface area contributed by atoms with Crippen LogP contribution in [0.1, 0.15) is 13.3 Å². The van der Waals surface area contributed by atoms with Gasteiger partial charge in [-0.3, -0.25) is 4.79 Å². The largest absolute Gasteiger partial charge is 0.463 e. The number of esters is 2. The van der Waals surface area contributed by atoms with Crippen molar-refractivity contribution >= 4 is 17.7 Å². The Hall–Kier alpha value is -1.39. The van der Waals surface area contributed by atoms with Crippen LogP contribution in [0.3, 0.4) is 0 Å². The molecule has 1 aliphatic heterocycles. The zero-order chi connectivity index (χ0) is 9.14. The van der Waals surface area contributed by atoms with E-state index in [1.165, 1.54) is 0 Å². The Morgan fingerprint density at radius 2 is 2.33 bits per heavy atom. The highest BCUT2D eigenvalue weighted by molar-refractivity contribution is 6.36. The van der Waals surface area contributed by atoms with Crippen molar-refractivity contribution in [3.63, 3.8) is 0 Å². The molecule has 0 bridgehead atoms. The van der Waals surface area contributed by atoms with Gasteiger partial charge in [0, 0.05) is 0 Å². The summed E-state index contributed by atoms with van der Waals surface area (Å²) in [6.45, 7) is 1.84. The van der Waals surface area contributed by atoms with Gasteiger partial charge in [0.05, 0.1) is 13.0 Å². The number of ketones is 1. The highest BCUT2D eigenvalue weighted by Gasteiger charge is 2.37. The lowest BCUT2D eigenvalue weighted by molar-refractivity contribution is -0.161. The second-order valence-electron chi connectivity index (χ2n) is 2.27. The van der Waals surface area contributed by atoms with E-state index in [2.05, 4.69) is 9.47 Å². The molecule has 0 unspecified atom stereocenters. The van der Waals surface area contributed by atoms with Gasteiger partial charge in [0.1, 0.15) is 0 Å². The molecule has 0 N–H and O–H groups in total. The minimum absolute atomic E-state index is 0.197. The first-order valence-corrected chi connectivity index (χ1v) is 3.55. The van der Waals surface area contributed by atoms with E-state index in [9.17, 15) is 14.4 Å². The highest BCUT2D eigenvalue weighted by Crippen LogP contribution is 2.11. The first-order chi connectivity index (χ1) is 5.65. The number of carbonyl (C=O) groups excluding carboxylic acids is 3. The Morgan fingerprint density at radius 1 is 1.67 bits per heavy atom. The summed E-state index contributed by atoms with van der Waals surface area (Å²) in [5.74, 6) is -2.28. The predicted molar refractivity (Wildman–Crippen MR) is 36.1 cm³/mol. The maximum atomic E-state index is 10.9. The third kappa shape index (κ3) is 1.61. The molecule has 0 aromatic heterocycles. The molecule has 5 nitrogen and oxygen atoms in total. The van der Waals surface area contributed by atoms with E-state index in [-0.39, 0.29) is 13.0 Å². The van der Waals surface area contributed by atoms with Crippen molar-refractivity contribution in [3.05, 3.63) is 0 Å². The van der Waals surface area contributed by atoms with Gasteiger partial charge in [0.15, 0.2) is 0 Å². The van der Waals surface area contributed by atoms with Crippen LogP contribution in [0.4, 0.5) is 0 Å². The van der Waals surface area contributed by atoms with Crippen LogP contribution in [0.5, 0.6) is 0 Å². The maximum absolute atomic E-state index is 10.9. The molecular weight excluding hydrogens is 164 g/mol. The molecule has 1 heterocycles. The molecule has 0 saturated carbocycles. The lowest BCUT2D eigenvalue weighted by Crippen LogP contribution is -2.22. The third-order valence-electron chi connectivity index (χ3n) is 1.40. The zero-order valence-electron chi connectivity index (χ0n) is 6.53. The van der Waals surface area contributed by atoms with E-state index in [1.807, 2.05) is 0 Å². The van der Waals surface area contributed by atoms with Crippen molar-refractivity contribution in [2.45, 2.75) is 19.4 Å². The Kier molecular flexibility index (Phi) is 2.42. The number of carbonyl (C=O) groups is 3. The number of hydrogen-bond donors (Lipinski definition) is 0. The highest BCUT2D eigenvalue weighted by atomic mass is 16.6. The lowest BCUT2D eigenvalue weighted by Gasteiger charge is -2.05. The molecule has 0 aliphatic carbocycles. The maximum Gasteiger partial charge on any atom is 0.375 e. The summed E-state index contributed by atoms with van der Waals surface area (Å²) in [6.07, 6.45) is -1.22. The van der Waals surface area contributed by atoms with E-state index < -0.39 is 23.8 Å². The molecule has 1 fully saturated rings. The summed E-state index contributed by atoms with van der Waals surface area (Å²) in [6, 6.07) is 0. The van der Waals surface area contributed by atoms with Gasteiger partial charge < -0.3 is 9.47 Å². The third-order valence-corrected chi connectivity index (χ3v) is 1.40. The predicted octanol–water partition coefficient (Wildman–Crippen LogP) is -0.566. The first-order valence-electron chi connectivity index (χ1n) is 3.55. The number of ether oxygens (including phenoxy) is 2. The molecule has 12 heavy (non-hydrogen) atoms. The molecule has 5 heteroatoms. The van der Waals surface area contributed by atoms with Gasteiger partial charge >= 0.3 is 11.9 Å². The SMILES string of the molecule is CCOC(=O)[C@@H]1CC(=O)C(=O)O1. The molecule has 1 atom stereocenters. The van der Waals surface area contributed by atoms with Crippen molar-refractivity contribution in [3.8, 4) is 0 Å². The fourth-order valence-corrected chi connectivity index (χ4v) is 0.855. The summed E-state index contributed by atoms with van der Waals surface area (Å²) in [5.41, 5.74) is 0. The topological polar surface area (TPSA) is 69.7 Å². The van der Waals surface area contributed by atoms with Gasteiger partial charge in [-0.2, -0.15) is 0 Å². The van der Waals surface area contributed by atoms with Crippen LogP contribution in [0, 0.1) is 0 Å². The van der Waals surface area contributed by atoms with Crippen LogP contribution in [-0.4, -0.2) is 30.4 Å². The van der Waals surface area contributed by atoms with E-state index in [0.29, 0.717) is 0 Å². The van der Waals surface area contributed by atoms with E-state index >= 15 is 0 Å². The van der Waals surface area contributed by atoms with Crippen LogP contribution >= 0.6 is 0 Å². The number of rotatable bonds is 2. The summed E-state index contributed by atoms with van der Waals surface area (Å²) in [7, 11) is 0. The van der Waals surface area contributed by atoms with Crippen molar-refractivity contribution in [2.75, 3.05) is 6.61 Å². The quantitative estimate of drug-likeness (QED) is 0.412. The smallest absolute Gasteiger partial charge is 0.375 e. The first kappa shape index (κ1) is 8.70. The summed E-state index contributed by atoms with van der Waals surface area (Å²) in [4.78, 5) is 32.0. The molecule has 1 aliphatic rings. The van der Waals surface area contributed by atoms with Crippen LogP contribution in [0.25, 0.3) is 0 Å². The fraction of sp³-hybridized carbons (Fsp3) is 0.571. The number of cyclic esters (lactones) is 1. The number of Topliss-reactive ketones (excluding diaryl/α,β-unsaturated/α-hetero) is 1. The molecule has 1 rings (SSSR count). The minimum atomic E-state index is -1.02. The minimum Gasteiger partial charge on any atom is -0.463 e. The Balaban J connectivity index is 2.51. The van der Waals surface area contributed by atoms with Crippen LogP contribution in [-0.2, 0) is 23.9 Å². The van der Waals surface area contributed by atoms with Gasteiger partial charge in [-0.1, -0.05) is 0 Å². The number of hydrogen-bond acceptors (Lipinski definition) is 5. The van der Waals surface area contributed by atoms with E-state index in [0.717, 1.165) is 0 Å². The van der Waals surface area contributed by atoms with Crippen LogP contribution < -0.4 is 0 Å².